The fraction of sp³-hybridized carbons (Fsp3) is 0.188. The smallest absolute Gasteiger partial charge is 0.263 e. The van der Waals surface area contributed by atoms with E-state index in [9.17, 15) is 13.2 Å². The van der Waals surface area contributed by atoms with Crippen LogP contribution in [0.4, 0.5) is 11.4 Å². The van der Waals surface area contributed by atoms with Gasteiger partial charge in [0.05, 0.1) is 26.4 Å². The minimum atomic E-state index is -3.93. The summed E-state index contributed by atoms with van der Waals surface area (Å²) in [6.45, 7) is 0.599. The summed E-state index contributed by atoms with van der Waals surface area (Å²) in [6, 6.07) is 8.97. The van der Waals surface area contributed by atoms with Crippen LogP contribution in [0.15, 0.2) is 41.3 Å². The van der Waals surface area contributed by atoms with Crippen molar-refractivity contribution in [2.24, 2.45) is 0 Å². The van der Waals surface area contributed by atoms with E-state index in [1.54, 1.807) is 17.0 Å². The summed E-state index contributed by atoms with van der Waals surface area (Å²) in [7, 11) is -3.93. The predicted octanol–water partition coefficient (Wildman–Crippen LogP) is 4.57. The number of anilines is 2. The van der Waals surface area contributed by atoms with Gasteiger partial charge in [-0.3, -0.25) is 9.52 Å². The zero-order valence-electron chi connectivity index (χ0n) is 12.8. The molecule has 3 rings (SSSR count). The highest BCUT2D eigenvalue weighted by molar-refractivity contribution is 7.92. The Morgan fingerprint density at radius 1 is 1.04 bits per heavy atom. The van der Waals surface area contributed by atoms with Crippen molar-refractivity contribution in [3.05, 3.63) is 51.5 Å². The summed E-state index contributed by atoms with van der Waals surface area (Å²) in [5, 5.41) is 0.375. The number of nitrogens with one attached hydrogen (secondary N) is 1. The van der Waals surface area contributed by atoms with Gasteiger partial charge in [-0.15, -0.1) is 0 Å². The molecule has 1 amide bonds. The van der Waals surface area contributed by atoms with E-state index in [-0.39, 0.29) is 31.6 Å². The third kappa shape index (κ3) is 3.72. The van der Waals surface area contributed by atoms with Gasteiger partial charge in [-0.25, -0.2) is 8.42 Å². The van der Waals surface area contributed by atoms with Gasteiger partial charge in [-0.2, -0.15) is 0 Å². The Balaban J connectivity index is 1.89. The van der Waals surface area contributed by atoms with Crippen LogP contribution < -0.4 is 9.62 Å². The topological polar surface area (TPSA) is 66.5 Å². The number of rotatable bonds is 4. The average molecular weight is 420 g/mol. The fourth-order valence-corrected chi connectivity index (χ4v) is 4.69. The summed E-state index contributed by atoms with van der Waals surface area (Å²) >= 11 is 18.1. The van der Waals surface area contributed by atoms with Crippen LogP contribution in [0.5, 0.6) is 0 Å². The lowest BCUT2D eigenvalue weighted by Crippen LogP contribution is -2.24. The molecule has 0 saturated carbocycles. The second-order valence-electron chi connectivity index (χ2n) is 5.47. The van der Waals surface area contributed by atoms with Crippen molar-refractivity contribution in [3.8, 4) is 0 Å². The molecule has 1 aliphatic rings. The van der Waals surface area contributed by atoms with E-state index in [0.717, 1.165) is 6.42 Å². The Morgan fingerprint density at radius 3 is 2.44 bits per heavy atom. The predicted molar refractivity (Wildman–Crippen MR) is 100 cm³/mol. The molecule has 132 valence electrons. The lowest BCUT2D eigenvalue weighted by Gasteiger charge is -2.18. The van der Waals surface area contributed by atoms with Crippen LogP contribution in [0.3, 0.4) is 0 Å². The number of benzene rings is 2. The first-order valence-corrected chi connectivity index (χ1v) is 9.98. The summed E-state index contributed by atoms with van der Waals surface area (Å²) in [5.41, 5.74) is 0.823. The molecule has 0 aromatic heterocycles. The van der Waals surface area contributed by atoms with Crippen LogP contribution in [0.2, 0.25) is 15.1 Å². The molecule has 2 aromatic rings. The lowest BCUT2D eigenvalue weighted by molar-refractivity contribution is -0.117. The minimum absolute atomic E-state index is 0.000870. The highest BCUT2D eigenvalue weighted by atomic mass is 35.5. The summed E-state index contributed by atoms with van der Waals surface area (Å²) < 4.78 is 27.4. The molecule has 5 nitrogen and oxygen atoms in total. The Bertz CT molecular complexity index is 948. The first-order chi connectivity index (χ1) is 11.8. The molecule has 1 aliphatic heterocycles. The van der Waals surface area contributed by atoms with Crippen molar-refractivity contribution < 1.29 is 13.2 Å². The zero-order valence-corrected chi connectivity index (χ0v) is 15.9. The van der Waals surface area contributed by atoms with Crippen LogP contribution in [0.1, 0.15) is 12.8 Å². The minimum Gasteiger partial charge on any atom is -0.311 e. The number of carbonyl (C=O) groups excluding carboxylic acids is 1. The molecule has 1 saturated heterocycles. The van der Waals surface area contributed by atoms with Crippen LogP contribution >= 0.6 is 34.8 Å². The van der Waals surface area contributed by atoms with E-state index < -0.39 is 10.0 Å². The van der Waals surface area contributed by atoms with E-state index >= 15 is 0 Å². The number of nitrogens with zero attached hydrogens (tertiary/aromatic N) is 1. The van der Waals surface area contributed by atoms with E-state index in [1.165, 1.54) is 24.3 Å². The zero-order chi connectivity index (χ0) is 18.2. The Hall–Kier alpha value is -1.47. The van der Waals surface area contributed by atoms with Crippen LogP contribution in [-0.4, -0.2) is 20.9 Å². The van der Waals surface area contributed by atoms with Crippen LogP contribution in [0.25, 0.3) is 0 Å². The van der Waals surface area contributed by atoms with Crippen LogP contribution in [-0.2, 0) is 14.8 Å². The monoisotopic (exact) mass is 418 g/mol. The molecule has 1 N–H and O–H groups in total. The summed E-state index contributed by atoms with van der Waals surface area (Å²) in [6.07, 6.45) is 1.26. The second kappa shape index (κ2) is 7.03. The SMILES string of the molecule is O=C1CCCN1c1ccc(NS(=O)(=O)c2cccc(Cl)c2Cl)cc1Cl. The van der Waals surface area contributed by atoms with Gasteiger partial charge in [-0.05, 0) is 36.8 Å². The number of halogens is 3. The number of hydrogen-bond acceptors (Lipinski definition) is 3. The van der Waals surface area contributed by atoms with Crippen molar-refractivity contribution >= 4 is 62.1 Å². The molecule has 9 heteroatoms. The molecule has 0 aliphatic carbocycles. The number of hydrogen-bond donors (Lipinski definition) is 1. The molecular weight excluding hydrogens is 407 g/mol. The van der Waals surface area contributed by atoms with E-state index in [2.05, 4.69) is 4.72 Å². The Labute approximate surface area is 160 Å². The lowest BCUT2D eigenvalue weighted by atomic mass is 10.2. The molecule has 1 heterocycles. The third-order valence-corrected chi connectivity index (χ3v) is 6.43. The molecule has 0 radical (unpaired) electrons. The van der Waals surface area contributed by atoms with Gasteiger partial charge in [0.15, 0.2) is 0 Å². The van der Waals surface area contributed by atoms with E-state index in [0.29, 0.717) is 18.7 Å². The molecule has 2 aromatic carbocycles. The molecule has 0 bridgehead atoms. The molecule has 0 atom stereocenters. The Morgan fingerprint density at radius 2 is 1.80 bits per heavy atom. The highest BCUT2D eigenvalue weighted by Crippen LogP contribution is 2.34. The third-order valence-electron chi connectivity index (χ3n) is 3.77. The maximum atomic E-state index is 12.5. The highest BCUT2D eigenvalue weighted by Gasteiger charge is 2.24. The van der Waals surface area contributed by atoms with Gasteiger partial charge >= 0.3 is 0 Å². The van der Waals surface area contributed by atoms with Crippen molar-refractivity contribution in [3.63, 3.8) is 0 Å². The van der Waals surface area contributed by atoms with Gasteiger partial charge in [0, 0.05) is 13.0 Å². The van der Waals surface area contributed by atoms with Crippen molar-refractivity contribution in [2.45, 2.75) is 17.7 Å². The van der Waals surface area contributed by atoms with Crippen molar-refractivity contribution in [1.29, 1.82) is 0 Å². The molecule has 0 unspecified atom stereocenters. The molecular formula is C16H13Cl3N2O3S. The molecule has 25 heavy (non-hydrogen) atoms. The summed E-state index contributed by atoms with van der Waals surface area (Å²) in [4.78, 5) is 13.3. The van der Waals surface area contributed by atoms with Gasteiger partial charge in [-0.1, -0.05) is 40.9 Å². The molecule has 1 fully saturated rings. The normalized spacial score (nSPS) is 14.8. The van der Waals surface area contributed by atoms with Gasteiger partial charge in [0.25, 0.3) is 10.0 Å². The van der Waals surface area contributed by atoms with Crippen molar-refractivity contribution in [2.75, 3.05) is 16.2 Å². The maximum absolute atomic E-state index is 12.5. The van der Waals surface area contributed by atoms with Crippen LogP contribution in [0, 0.1) is 0 Å². The Kier molecular flexibility index (Phi) is 5.16. The van der Waals surface area contributed by atoms with E-state index in [4.69, 9.17) is 34.8 Å². The van der Waals surface area contributed by atoms with E-state index in [1.807, 2.05) is 0 Å². The van der Waals surface area contributed by atoms with Gasteiger partial charge in [0.1, 0.15) is 4.90 Å². The molecule has 0 spiro atoms. The fourth-order valence-electron chi connectivity index (χ4n) is 2.59. The quantitative estimate of drug-likeness (QED) is 0.789. The first kappa shape index (κ1) is 18.3. The van der Waals surface area contributed by atoms with Gasteiger partial charge < -0.3 is 4.90 Å². The number of amides is 1. The number of sulfonamides is 1. The maximum Gasteiger partial charge on any atom is 0.263 e. The number of carbonyl (C=O) groups is 1. The second-order valence-corrected chi connectivity index (χ2v) is 8.32. The summed E-state index contributed by atoms with van der Waals surface area (Å²) in [5.74, 6) is 0.000870. The van der Waals surface area contributed by atoms with Crippen molar-refractivity contribution in [1.82, 2.24) is 0 Å². The van der Waals surface area contributed by atoms with Gasteiger partial charge in [0.2, 0.25) is 5.91 Å². The standard InChI is InChI=1S/C16H13Cl3N2O3S/c17-11-3-1-4-14(16(11)19)25(23,24)20-10-6-7-13(12(18)9-10)21-8-2-5-15(21)22/h1,3-4,6-7,9,20H,2,5,8H2. The largest absolute Gasteiger partial charge is 0.311 e. The first-order valence-electron chi connectivity index (χ1n) is 7.36. The average Bonchev–Trinajstić information content (AvgIpc) is 2.95.